The van der Waals surface area contributed by atoms with Crippen molar-refractivity contribution in [1.82, 2.24) is 25.1 Å². The van der Waals surface area contributed by atoms with E-state index < -0.39 is 0 Å². The fourth-order valence-corrected chi connectivity index (χ4v) is 2.96. The maximum absolute atomic E-state index is 12.8. The van der Waals surface area contributed by atoms with Gasteiger partial charge in [-0.2, -0.15) is 0 Å². The number of benzene rings is 2. The lowest BCUT2D eigenvalue weighted by Crippen LogP contribution is -2.26. The molecule has 1 heterocycles. The number of hydrogen-bond donors (Lipinski definition) is 0. The van der Waals surface area contributed by atoms with Gasteiger partial charge in [-0.05, 0) is 59.3 Å². The molecule has 0 spiro atoms. The molecule has 0 N–H and O–H groups in total. The molecule has 0 saturated carbocycles. The zero-order valence-electron chi connectivity index (χ0n) is 17.5. The van der Waals surface area contributed by atoms with E-state index in [9.17, 15) is 4.79 Å². The Morgan fingerprint density at radius 1 is 1.07 bits per heavy atom. The molecule has 0 saturated heterocycles. The molecule has 3 rings (SSSR count). The topological polar surface area (TPSA) is 91.6 Å². The van der Waals surface area contributed by atoms with Crippen molar-refractivity contribution in [1.29, 1.82) is 0 Å². The van der Waals surface area contributed by atoms with Crippen LogP contribution < -0.4 is 14.2 Å². The number of carbonyl (C=O) groups excluding carboxylic acids is 1. The number of tetrazole rings is 1. The van der Waals surface area contributed by atoms with Crippen LogP contribution in [0.4, 0.5) is 0 Å². The quantitative estimate of drug-likeness (QED) is 0.534. The molecule has 1 aromatic heterocycles. The first-order chi connectivity index (χ1) is 14.5. The summed E-state index contributed by atoms with van der Waals surface area (Å²) in [5, 5.41) is 11.4. The van der Waals surface area contributed by atoms with Crippen LogP contribution in [0.3, 0.4) is 0 Å². The Morgan fingerprint density at radius 2 is 1.80 bits per heavy atom. The van der Waals surface area contributed by atoms with Crippen LogP contribution in [0.1, 0.15) is 28.7 Å². The standard InChI is InChI=1S/C21H25N5O4/c1-5-26-20(22-23-24-26)14-30-17-9-7-16(8-10-17)21(27)25(2)13-15-6-11-18(28-3)19(12-15)29-4/h6-12H,5,13-14H2,1-4H3. The van der Waals surface area contributed by atoms with Gasteiger partial charge >= 0.3 is 0 Å². The Morgan fingerprint density at radius 3 is 2.47 bits per heavy atom. The smallest absolute Gasteiger partial charge is 0.253 e. The summed E-state index contributed by atoms with van der Waals surface area (Å²) in [5.41, 5.74) is 1.51. The minimum absolute atomic E-state index is 0.0914. The number of hydrogen-bond acceptors (Lipinski definition) is 7. The zero-order chi connectivity index (χ0) is 21.5. The zero-order valence-corrected chi connectivity index (χ0v) is 17.5. The molecule has 0 aliphatic heterocycles. The van der Waals surface area contributed by atoms with Crippen molar-refractivity contribution in [3.8, 4) is 17.2 Å². The third-order valence-corrected chi connectivity index (χ3v) is 4.59. The largest absolute Gasteiger partial charge is 0.493 e. The molecule has 0 aliphatic rings. The Bertz CT molecular complexity index is 987. The summed E-state index contributed by atoms with van der Waals surface area (Å²) in [5.74, 6) is 2.48. The highest BCUT2D eigenvalue weighted by Crippen LogP contribution is 2.28. The average molecular weight is 411 g/mol. The molecule has 0 bridgehead atoms. The molecular formula is C21H25N5O4. The lowest BCUT2D eigenvalue weighted by molar-refractivity contribution is 0.0785. The summed E-state index contributed by atoms with van der Waals surface area (Å²) < 4.78 is 18.0. The molecule has 0 atom stereocenters. The van der Waals surface area contributed by atoms with E-state index in [-0.39, 0.29) is 12.5 Å². The van der Waals surface area contributed by atoms with Crippen LogP contribution in [0.15, 0.2) is 42.5 Å². The van der Waals surface area contributed by atoms with Crippen LogP contribution >= 0.6 is 0 Å². The number of nitrogens with zero attached hydrogens (tertiary/aromatic N) is 5. The number of rotatable bonds is 9. The van der Waals surface area contributed by atoms with E-state index >= 15 is 0 Å². The van der Waals surface area contributed by atoms with Crippen molar-refractivity contribution in [3.05, 3.63) is 59.4 Å². The molecule has 2 aromatic carbocycles. The van der Waals surface area contributed by atoms with Gasteiger partial charge in [-0.25, -0.2) is 4.68 Å². The first-order valence-corrected chi connectivity index (χ1v) is 9.50. The second kappa shape index (κ2) is 9.73. The SMILES string of the molecule is CCn1nnnc1COc1ccc(C(=O)N(C)Cc2ccc(OC)c(OC)c2)cc1. The van der Waals surface area contributed by atoms with Crippen LogP contribution in [0, 0.1) is 0 Å². The molecule has 3 aromatic rings. The van der Waals surface area contributed by atoms with Gasteiger partial charge in [-0.3, -0.25) is 4.79 Å². The Kier molecular flexibility index (Phi) is 6.84. The Balaban J connectivity index is 1.61. The molecule has 0 unspecified atom stereocenters. The molecule has 1 amide bonds. The summed E-state index contributed by atoms with van der Waals surface area (Å²) in [7, 11) is 4.93. The average Bonchev–Trinajstić information content (AvgIpc) is 3.25. The van der Waals surface area contributed by atoms with E-state index in [1.54, 1.807) is 55.1 Å². The van der Waals surface area contributed by atoms with E-state index in [0.717, 1.165) is 5.56 Å². The normalized spacial score (nSPS) is 10.5. The third-order valence-electron chi connectivity index (χ3n) is 4.59. The fourth-order valence-electron chi connectivity index (χ4n) is 2.96. The summed E-state index contributed by atoms with van der Waals surface area (Å²) >= 11 is 0. The number of carbonyl (C=O) groups is 1. The predicted molar refractivity (Wildman–Crippen MR) is 110 cm³/mol. The fraction of sp³-hybridized carbons (Fsp3) is 0.333. The van der Waals surface area contributed by atoms with Crippen molar-refractivity contribution >= 4 is 5.91 Å². The number of amides is 1. The lowest BCUT2D eigenvalue weighted by atomic mass is 10.1. The molecule has 9 nitrogen and oxygen atoms in total. The molecule has 0 radical (unpaired) electrons. The van der Waals surface area contributed by atoms with Gasteiger partial charge in [-0.15, -0.1) is 5.10 Å². The Labute approximate surface area is 175 Å². The molecule has 9 heteroatoms. The van der Waals surface area contributed by atoms with Crippen LogP contribution in [0.5, 0.6) is 17.2 Å². The monoisotopic (exact) mass is 411 g/mol. The minimum Gasteiger partial charge on any atom is -0.493 e. The van der Waals surface area contributed by atoms with Crippen LogP contribution in [0.25, 0.3) is 0 Å². The van der Waals surface area contributed by atoms with Crippen LogP contribution in [-0.2, 0) is 19.7 Å². The van der Waals surface area contributed by atoms with Gasteiger partial charge in [0.25, 0.3) is 5.91 Å². The molecular weight excluding hydrogens is 386 g/mol. The van der Waals surface area contributed by atoms with Crippen LogP contribution in [-0.4, -0.2) is 52.3 Å². The van der Waals surface area contributed by atoms with Gasteiger partial charge in [0.2, 0.25) is 0 Å². The number of aromatic nitrogens is 4. The number of aryl methyl sites for hydroxylation is 1. The number of methoxy groups -OCH3 is 2. The molecule has 30 heavy (non-hydrogen) atoms. The van der Waals surface area contributed by atoms with Gasteiger partial charge < -0.3 is 19.1 Å². The van der Waals surface area contributed by atoms with Gasteiger partial charge in [0.15, 0.2) is 17.3 Å². The second-order valence-corrected chi connectivity index (χ2v) is 6.57. The van der Waals surface area contributed by atoms with E-state index in [1.807, 2.05) is 25.1 Å². The van der Waals surface area contributed by atoms with Crippen molar-refractivity contribution in [2.24, 2.45) is 0 Å². The van der Waals surface area contributed by atoms with Gasteiger partial charge in [0.05, 0.1) is 14.2 Å². The molecule has 158 valence electrons. The summed E-state index contributed by atoms with van der Waals surface area (Å²) in [6, 6.07) is 12.6. The van der Waals surface area contributed by atoms with Crippen molar-refractivity contribution in [2.75, 3.05) is 21.3 Å². The lowest BCUT2D eigenvalue weighted by Gasteiger charge is -2.18. The number of ether oxygens (including phenoxy) is 3. The Hall–Kier alpha value is -3.62. The highest BCUT2D eigenvalue weighted by molar-refractivity contribution is 5.94. The highest BCUT2D eigenvalue weighted by Gasteiger charge is 2.14. The van der Waals surface area contributed by atoms with E-state index in [0.29, 0.717) is 41.7 Å². The van der Waals surface area contributed by atoms with Crippen molar-refractivity contribution < 1.29 is 19.0 Å². The van der Waals surface area contributed by atoms with Gasteiger partial charge in [-0.1, -0.05) is 6.07 Å². The van der Waals surface area contributed by atoms with E-state index in [4.69, 9.17) is 14.2 Å². The summed E-state index contributed by atoms with van der Waals surface area (Å²) in [6.07, 6.45) is 0. The maximum Gasteiger partial charge on any atom is 0.253 e. The predicted octanol–water partition coefficient (Wildman–Crippen LogP) is 2.56. The van der Waals surface area contributed by atoms with Crippen LogP contribution in [0.2, 0.25) is 0 Å². The van der Waals surface area contributed by atoms with E-state index in [1.165, 1.54) is 0 Å². The van der Waals surface area contributed by atoms with Gasteiger partial charge in [0.1, 0.15) is 12.4 Å². The molecule has 0 aliphatic carbocycles. The maximum atomic E-state index is 12.8. The molecule has 0 fully saturated rings. The first-order valence-electron chi connectivity index (χ1n) is 9.50. The summed E-state index contributed by atoms with van der Waals surface area (Å²) in [4.78, 5) is 14.4. The summed E-state index contributed by atoms with van der Waals surface area (Å²) in [6.45, 7) is 3.33. The van der Waals surface area contributed by atoms with Gasteiger partial charge in [0, 0.05) is 25.7 Å². The second-order valence-electron chi connectivity index (χ2n) is 6.57. The minimum atomic E-state index is -0.0914. The first kappa shape index (κ1) is 21.1. The van der Waals surface area contributed by atoms with Crippen molar-refractivity contribution in [2.45, 2.75) is 26.6 Å². The third kappa shape index (κ3) is 4.86. The van der Waals surface area contributed by atoms with E-state index in [2.05, 4.69) is 15.5 Å². The highest BCUT2D eigenvalue weighted by atomic mass is 16.5. The van der Waals surface area contributed by atoms with Crippen molar-refractivity contribution in [3.63, 3.8) is 0 Å².